The first-order valence-electron chi connectivity index (χ1n) is 14.5. The number of carbonyl (C=O) groups is 2. The van der Waals surface area contributed by atoms with E-state index in [9.17, 15) is 9.59 Å². The highest BCUT2D eigenvalue weighted by molar-refractivity contribution is 7.17. The molecular formula is C27H42N10O3S. The number of piperazine rings is 2. The summed E-state index contributed by atoms with van der Waals surface area (Å²) < 4.78 is 5.18. The Hall–Kier alpha value is -3.07. The van der Waals surface area contributed by atoms with Crippen LogP contribution in [0.2, 0.25) is 0 Å². The number of esters is 1. The first kappa shape index (κ1) is 29.4. The van der Waals surface area contributed by atoms with Crippen LogP contribution in [0, 0.1) is 6.92 Å². The maximum atomic E-state index is 12.7. The van der Waals surface area contributed by atoms with Gasteiger partial charge < -0.3 is 19.4 Å². The van der Waals surface area contributed by atoms with Crippen LogP contribution in [0.4, 0.5) is 22.7 Å². The second kappa shape index (κ2) is 13.3. The molecule has 3 saturated heterocycles. The van der Waals surface area contributed by atoms with Gasteiger partial charge in [-0.25, -0.2) is 19.8 Å². The molecule has 0 radical (unpaired) electrons. The summed E-state index contributed by atoms with van der Waals surface area (Å²) >= 11 is 1.25. The van der Waals surface area contributed by atoms with Gasteiger partial charge in [0.1, 0.15) is 16.5 Å². The molecule has 0 aliphatic carbocycles. The van der Waals surface area contributed by atoms with Crippen LogP contribution in [0.3, 0.4) is 0 Å². The van der Waals surface area contributed by atoms with E-state index in [1.807, 2.05) is 4.90 Å². The van der Waals surface area contributed by atoms with Crippen molar-refractivity contribution in [2.75, 3.05) is 108 Å². The molecule has 224 valence electrons. The van der Waals surface area contributed by atoms with Crippen LogP contribution in [-0.4, -0.2) is 139 Å². The van der Waals surface area contributed by atoms with Gasteiger partial charge in [0.2, 0.25) is 11.9 Å². The highest BCUT2D eigenvalue weighted by atomic mass is 32.1. The number of hydrogen-bond donors (Lipinski definition) is 1. The lowest BCUT2D eigenvalue weighted by Gasteiger charge is -2.39. The Morgan fingerprint density at radius 3 is 2.12 bits per heavy atom. The summed E-state index contributed by atoms with van der Waals surface area (Å²) in [6, 6.07) is 2.07. The molecule has 1 N–H and O–H groups in total. The average Bonchev–Trinajstić information content (AvgIpc) is 3.64. The average molecular weight is 587 g/mol. The maximum absolute atomic E-state index is 12.7. The van der Waals surface area contributed by atoms with Crippen LogP contribution in [0.5, 0.6) is 0 Å². The van der Waals surface area contributed by atoms with Gasteiger partial charge in [-0.05, 0) is 26.7 Å². The summed E-state index contributed by atoms with van der Waals surface area (Å²) in [6.45, 7) is 12.9. The lowest BCUT2D eigenvalue weighted by Crippen LogP contribution is -2.51. The first-order chi connectivity index (χ1) is 19.8. The maximum Gasteiger partial charge on any atom is 0.350 e. The molecule has 0 bridgehead atoms. The van der Waals surface area contributed by atoms with Crippen LogP contribution < -0.4 is 15.1 Å². The zero-order chi connectivity index (χ0) is 28.9. The van der Waals surface area contributed by atoms with Gasteiger partial charge in [-0.1, -0.05) is 11.3 Å². The standard InChI is InChI=1S/C27H42N10O3S/c1-5-40-25(39)24-20(2)28-27(41-24)31-26-29-21(18-22(30-26)35-14-16-37(17-15-35)32(3)4)34-12-10-33(11-13-34)19-23(38)36-8-6-7-9-36/h18H,5-17,19H2,1-4H3,(H,28,29,30,31). The molecule has 0 aromatic carbocycles. The number of aromatic nitrogens is 3. The lowest BCUT2D eigenvalue weighted by atomic mass is 10.3. The number of likely N-dealkylation sites (tertiary alicyclic amines) is 1. The summed E-state index contributed by atoms with van der Waals surface area (Å²) in [5, 5.41) is 8.26. The van der Waals surface area contributed by atoms with Crippen molar-refractivity contribution in [1.29, 1.82) is 0 Å². The molecule has 5 rings (SSSR count). The SMILES string of the molecule is CCOC(=O)c1sc(Nc2nc(N3CCN(CC(=O)N4CCCC4)CC3)cc(N3CCN(N(C)C)CC3)n2)nc1C. The third kappa shape index (κ3) is 7.23. The number of rotatable bonds is 9. The van der Waals surface area contributed by atoms with Crippen LogP contribution in [0.1, 0.15) is 35.1 Å². The molecule has 3 aliphatic rings. The van der Waals surface area contributed by atoms with Gasteiger partial charge in [-0.2, -0.15) is 9.97 Å². The predicted octanol–water partition coefficient (Wildman–Crippen LogP) is 1.50. The molecule has 0 unspecified atom stereocenters. The highest BCUT2D eigenvalue weighted by Crippen LogP contribution is 2.29. The van der Waals surface area contributed by atoms with Crippen LogP contribution in [0.25, 0.3) is 0 Å². The van der Waals surface area contributed by atoms with E-state index in [-0.39, 0.29) is 11.9 Å². The molecule has 3 aliphatic heterocycles. The van der Waals surface area contributed by atoms with Crippen molar-refractivity contribution in [3.05, 3.63) is 16.6 Å². The summed E-state index contributed by atoms with van der Waals surface area (Å²) in [6.07, 6.45) is 2.22. The molecule has 2 aromatic heterocycles. The fraction of sp³-hybridized carbons (Fsp3) is 0.667. The van der Waals surface area contributed by atoms with E-state index in [1.165, 1.54) is 11.3 Å². The molecule has 41 heavy (non-hydrogen) atoms. The van der Waals surface area contributed by atoms with E-state index in [2.05, 4.69) is 55.2 Å². The lowest BCUT2D eigenvalue weighted by molar-refractivity contribution is -0.131. The van der Waals surface area contributed by atoms with Gasteiger partial charge >= 0.3 is 5.97 Å². The number of anilines is 4. The summed E-state index contributed by atoms with van der Waals surface area (Å²) in [7, 11) is 4.14. The molecular weight excluding hydrogens is 544 g/mol. The number of ether oxygens (including phenoxy) is 1. The molecule has 3 fully saturated rings. The minimum absolute atomic E-state index is 0.240. The number of nitrogens with zero attached hydrogens (tertiary/aromatic N) is 9. The topological polar surface area (TPSA) is 114 Å². The molecule has 13 nitrogen and oxygen atoms in total. The quantitative estimate of drug-likeness (QED) is 0.430. The monoisotopic (exact) mass is 586 g/mol. The fourth-order valence-electron chi connectivity index (χ4n) is 5.45. The minimum Gasteiger partial charge on any atom is -0.462 e. The Balaban J connectivity index is 1.31. The minimum atomic E-state index is -0.370. The summed E-state index contributed by atoms with van der Waals surface area (Å²) in [4.78, 5) is 48.6. The molecule has 2 aromatic rings. The van der Waals surface area contributed by atoms with E-state index in [4.69, 9.17) is 14.7 Å². The van der Waals surface area contributed by atoms with Gasteiger partial charge in [0, 0.05) is 85.6 Å². The number of hydrazine groups is 1. The number of hydrogen-bond acceptors (Lipinski definition) is 13. The Morgan fingerprint density at radius 2 is 1.54 bits per heavy atom. The molecule has 0 spiro atoms. The van der Waals surface area contributed by atoms with Crippen molar-refractivity contribution in [2.45, 2.75) is 26.7 Å². The molecule has 0 saturated carbocycles. The summed E-state index contributed by atoms with van der Waals surface area (Å²) in [5.41, 5.74) is 0.617. The Bertz CT molecular complexity index is 1200. The Kier molecular flexibility index (Phi) is 9.53. The zero-order valence-corrected chi connectivity index (χ0v) is 25.5. The van der Waals surface area contributed by atoms with Crippen molar-refractivity contribution in [1.82, 2.24) is 34.8 Å². The number of thiazole rings is 1. The second-order valence-electron chi connectivity index (χ2n) is 10.8. The van der Waals surface area contributed by atoms with Gasteiger partial charge in [-0.3, -0.25) is 15.0 Å². The normalized spacial score (nSPS) is 18.8. The van der Waals surface area contributed by atoms with Crippen molar-refractivity contribution >= 4 is 45.9 Å². The van der Waals surface area contributed by atoms with Crippen LogP contribution in [0.15, 0.2) is 6.07 Å². The van der Waals surface area contributed by atoms with Gasteiger partial charge in [0.15, 0.2) is 5.13 Å². The van der Waals surface area contributed by atoms with Crippen molar-refractivity contribution in [3.8, 4) is 0 Å². The van der Waals surface area contributed by atoms with Gasteiger partial charge in [0.25, 0.3) is 0 Å². The third-order valence-electron chi connectivity index (χ3n) is 7.83. The Labute approximate surface area is 246 Å². The van der Waals surface area contributed by atoms with E-state index in [1.54, 1.807) is 13.8 Å². The molecule has 5 heterocycles. The summed E-state index contributed by atoms with van der Waals surface area (Å²) in [5.74, 6) is 2.03. The van der Waals surface area contributed by atoms with E-state index in [0.29, 0.717) is 34.8 Å². The highest BCUT2D eigenvalue weighted by Gasteiger charge is 2.26. The van der Waals surface area contributed by atoms with Gasteiger partial charge in [0.05, 0.1) is 18.8 Å². The number of aryl methyl sites for hydroxylation is 1. The number of nitrogens with one attached hydrogen (secondary N) is 1. The van der Waals surface area contributed by atoms with Gasteiger partial charge in [-0.15, -0.1) is 0 Å². The molecule has 14 heteroatoms. The van der Waals surface area contributed by atoms with Crippen molar-refractivity contribution in [2.24, 2.45) is 0 Å². The predicted molar refractivity (Wildman–Crippen MR) is 160 cm³/mol. The largest absolute Gasteiger partial charge is 0.462 e. The molecule has 0 atom stereocenters. The van der Waals surface area contributed by atoms with E-state index >= 15 is 0 Å². The number of amides is 1. The first-order valence-corrected chi connectivity index (χ1v) is 15.3. The van der Waals surface area contributed by atoms with Crippen molar-refractivity contribution < 1.29 is 14.3 Å². The second-order valence-corrected chi connectivity index (χ2v) is 11.8. The smallest absolute Gasteiger partial charge is 0.350 e. The van der Waals surface area contributed by atoms with Crippen LogP contribution in [-0.2, 0) is 9.53 Å². The van der Waals surface area contributed by atoms with Crippen LogP contribution >= 0.6 is 11.3 Å². The van der Waals surface area contributed by atoms with E-state index < -0.39 is 0 Å². The fourth-order valence-corrected chi connectivity index (χ4v) is 6.31. The number of carbonyl (C=O) groups excluding carboxylic acids is 2. The molecule has 1 amide bonds. The van der Waals surface area contributed by atoms with Crippen molar-refractivity contribution in [3.63, 3.8) is 0 Å². The third-order valence-corrected chi connectivity index (χ3v) is 8.89. The Morgan fingerprint density at radius 1 is 0.927 bits per heavy atom. The van der Waals surface area contributed by atoms with E-state index in [0.717, 1.165) is 89.9 Å². The zero-order valence-electron chi connectivity index (χ0n) is 24.6.